The third kappa shape index (κ3) is 4.53. The van der Waals surface area contributed by atoms with Crippen molar-refractivity contribution >= 4 is 62.4 Å². The Morgan fingerprint density at radius 2 is 2.15 bits per heavy atom. The maximum Gasteiger partial charge on any atom is 0.148 e. The Morgan fingerprint density at radius 1 is 1.54 bits per heavy atom. The number of benzene rings is 1. The molecule has 0 heterocycles. The van der Waals surface area contributed by atoms with E-state index in [1.807, 2.05) is 4.72 Å². The zero-order valence-corrected chi connectivity index (χ0v) is 11.1. The molecule has 0 amide bonds. The quantitative estimate of drug-likeness (QED) is 0.656. The van der Waals surface area contributed by atoms with Crippen LogP contribution in [0.2, 0.25) is 0 Å². The summed E-state index contributed by atoms with van der Waals surface area (Å²) in [4.78, 5) is 0. The minimum atomic E-state index is -2.49. The van der Waals surface area contributed by atoms with Crippen LogP contribution in [-0.2, 0) is 11.3 Å². The predicted octanol–water partition coefficient (Wildman–Crippen LogP) is 1.41. The van der Waals surface area contributed by atoms with Crippen molar-refractivity contribution in [3.8, 4) is 0 Å². The molecule has 0 fully saturated rings. The van der Waals surface area contributed by atoms with Crippen molar-refractivity contribution in [2.75, 3.05) is 4.72 Å². The molecule has 1 atom stereocenters. The van der Waals surface area contributed by atoms with Crippen LogP contribution in [0.1, 0.15) is 0 Å². The first-order valence-corrected chi connectivity index (χ1v) is 4.77. The smallest absolute Gasteiger partial charge is 0.148 e. The average molecular weight is 276 g/mol. The van der Waals surface area contributed by atoms with Gasteiger partial charge in [0.05, 0.1) is 5.69 Å². The normalized spacial score (nSPS) is 11.6. The molecule has 1 aromatic carbocycles. The summed E-state index contributed by atoms with van der Waals surface area (Å²) in [5, 5.41) is 0. The summed E-state index contributed by atoms with van der Waals surface area (Å²) in [5.41, 5.74) is -0.0634. The van der Waals surface area contributed by atoms with Gasteiger partial charge in [0, 0.05) is 45.3 Å². The topological polar surface area (TPSA) is 52.2 Å². The van der Waals surface area contributed by atoms with E-state index in [1.165, 1.54) is 18.2 Å². The molecule has 0 aliphatic heterocycles. The largest absolute Gasteiger partial charge is 0.755 e. The molecule has 0 spiro atoms. The molecule has 0 bridgehead atoms. The van der Waals surface area contributed by atoms with Crippen LogP contribution in [-0.4, -0.2) is 38.3 Å². The van der Waals surface area contributed by atoms with Gasteiger partial charge in [-0.05, 0) is 18.2 Å². The van der Waals surface area contributed by atoms with Crippen LogP contribution in [0.25, 0.3) is 0 Å². The Balaban J connectivity index is 0.00000144. The van der Waals surface area contributed by atoms with Crippen LogP contribution >= 0.6 is 15.9 Å². The Morgan fingerprint density at radius 3 is 2.62 bits per heavy atom. The fourth-order valence-corrected chi connectivity index (χ4v) is 1.34. The third-order valence-electron chi connectivity index (χ3n) is 1.12. The predicted molar refractivity (Wildman–Crippen MR) is 52.4 cm³/mol. The van der Waals surface area contributed by atoms with E-state index in [-0.39, 0.29) is 35.2 Å². The zero-order chi connectivity index (χ0) is 9.14. The van der Waals surface area contributed by atoms with Crippen LogP contribution in [0.4, 0.5) is 10.1 Å². The first kappa shape index (κ1) is 13.5. The van der Waals surface area contributed by atoms with Crippen molar-refractivity contribution in [1.82, 2.24) is 0 Å². The van der Waals surface area contributed by atoms with Gasteiger partial charge in [-0.1, -0.05) is 15.9 Å². The molecular weight excluding hydrogens is 272 g/mol. The number of rotatable bonds is 2. The summed E-state index contributed by atoms with van der Waals surface area (Å²) in [6.07, 6.45) is 0. The molecular formula is C6H4BrFNNaO2S-. The van der Waals surface area contributed by atoms with Gasteiger partial charge in [0.15, 0.2) is 0 Å². The first-order chi connectivity index (χ1) is 5.59. The molecule has 1 radical (unpaired) electrons. The van der Waals surface area contributed by atoms with E-state index >= 15 is 0 Å². The summed E-state index contributed by atoms with van der Waals surface area (Å²) >= 11 is 0.552. The molecule has 0 saturated carbocycles. The van der Waals surface area contributed by atoms with Gasteiger partial charge in [-0.2, -0.15) is 0 Å². The second kappa shape index (κ2) is 6.10. The molecule has 1 N–H and O–H groups in total. The summed E-state index contributed by atoms with van der Waals surface area (Å²) in [6.45, 7) is 0. The van der Waals surface area contributed by atoms with Crippen molar-refractivity contribution in [3.05, 3.63) is 28.5 Å². The van der Waals surface area contributed by atoms with E-state index in [9.17, 15) is 13.2 Å². The monoisotopic (exact) mass is 275 g/mol. The minimum absolute atomic E-state index is 0. The molecule has 67 valence electrons. The summed E-state index contributed by atoms with van der Waals surface area (Å²) in [5.74, 6) is -0.617. The molecule has 0 aliphatic rings. The summed E-state index contributed by atoms with van der Waals surface area (Å²) < 4.78 is 35.6. The van der Waals surface area contributed by atoms with Crippen molar-refractivity contribution < 1.29 is 13.2 Å². The molecule has 1 rings (SSSR count). The minimum Gasteiger partial charge on any atom is -0.755 e. The molecule has 7 heteroatoms. The first-order valence-electron chi connectivity index (χ1n) is 2.90. The fraction of sp³-hybridized carbons (Fsp3) is 0. The standard InChI is InChI=1S/C6H5BrFNO2S.Na/c7-4-1-2-6(5(8)3-4)9-12(10)11;/h1-3,9H,(H,10,11);/p-1. The van der Waals surface area contributed by atoms with Crippen molar-refractivity contribution in [3.63, 3.8) is 0 Å². The molecule has 1 aromatic rings. The van der Waals surface area contributed by atoms with Crippen molar-refractivity contribution in [2.24, 2.45) is 0 Å². The Bertz CT molecular complexity index is 326. The van der Waals surface area contributed by atoms with E-state index in [0.717, 1.165) is 0 Å². The molecule has 0 aliphatic carbocycles. The Kier molecular flexibility index (Phi) is 6.36. The second-order valence-corrected chi connectivity index (χ2v) is 3.55. The van der Waals surface area contributed by atoms with E-state index in [0.29, 0.717) is 4.47 Å². The number of hydrogen-bond donors (Lipinski definition) is 1. The fourth-order valence-electron chi connectivity index (χ4n) is 0.662. The van der Waals surface area contributed by atoms with E-state index in [4.69, 9.17) is 0 Å². The van der Waals surface area contributed by atoms with Crippen LogP contribution in [0.3, 0.4) is 0 Å². The van der Waals surface area contributed by atoms with Crippen LogP contribution in [0.15, 0.2) is 22.7 Å². The van der Waals surface area contributed by atoms with Crippen molar-refractivity contribution in [2.45, 2.75) is 0 Å². The average Bonchev–Trinajstić information content (AvgIpc) is 1.94. The number of hydrogen-bond acceptors (Lipinski definition) is 2. The van der Waals surface area contributed by atoms with Gasteiger partial charge in [-0.3, -0.25) is 4.21 Å². The Hall–Kier alpha value is 0.540. The van der Waals surface area contributed by atoms with Gasteiger partial charge in [-0.25, -0.2) is 4.39 Å². The van der Waals surface area contributed by atoms with E-state index in [2.05, 4.69) is 15.9 Å². The molecule has 1 unspecified atom stereocenters. The second-order valence-electron chi connectivity index (χ2n) is 1.96. The Labute approximate surface area is 108 Å². The van der Waals surface area contributed by atoms with Crippen LogP contribution in [0.5, 0.6) is 0 Å². The maximum absolute atomic E-state index is 12.8. The molecule has 13 heavy (non-hydrogen) atoms. The van der Waals surface area contributed by atoms with E-state index < -0.39 is 17.1 Å². The maximum atomic E-state index is 12.8. The zero-order valence-electron chi connectivity index (χ0n) is 6.71. The van der Waals surface area contributed by atoms with Crippen molar-refractivity contribution in [1.29, 1.82) is 0 Å². The molecule has 0 saturated heterocycles. The van der Waals surface area contributed by atoms with E-state index in [1.54, 1.807) is 0 Å². The SMILES string of the molecule is O=S([O-])Nc1ccc(Br)cc1F.[Na]. The van der Waals surface area contributed by atoms with Gasteiger partial charge in [-0.15, -0.1) is 0 Å². The number of anilines is 1. The van der Waals surface area contributed by atoms with Crippen LogP contribution in [0, 0.1) is 5.82 Å². The van der Waals surface area contributed by atoms with Gasteiger partial charge in [0.1, 0.15) is 5.82 Å². The van der Waals surface area contributed by atoms with Crippen LogP contribution < -0.4 is 4.72 Å². The van der Waals surface area contributed by atoms with Gasteiger partial charge in [0.2, 0.25) is 0 Å². The number of nitrogens with one attached hydrogen (secondary N) is 1. The van der Waals surface area contributed by atoms with Gasteiger partial charge >= 0.3 is 0 Å². The summed E-state index contributed by atoms with van der Waals surface area (Å²) in [7, 11) is 0. The summed E-state index contributed by atoms with van der Waals surface area (Å²) in [6, 6.07) is 4.04. The molecule has 3 nitrogen and oxygen atoms in total. The molecule has 0 aromatic heterocycles. The van der Waals surface area contributed by atoms with Gasteiger partial charge < -0.3 is 9.27 Å². The van der Waals surface area contributed by atoms with Gasteiger partial charge in [0.25, 0.3) is 0 Å². The third-order valence-corrected chi connectivity index (χ3v) is 2.00. The number of halogens is 2.